The van der Waals surface area contributed by atoms with Crippen molar-refractivity contribution in [1.29, 1.82) is 0 Å². The van der Waals surface area contributed by atoms with Crippen LogP contribution in [-0.2, 0) is 0 Å². The lowest BCUT2D eigenvalue weighted by Gasteiger charge is -2.35. The molecular formula is C15H34N2. The minimum Gasteiger partial charge on any atom is -0.314 e. The molecule has 0 spiro atoms. The van der Waals surface area contributed by atoms with Crippen molar-refractivity contribution in [2.45, 2.75) is 67.0 Å². The fourth-order valence-electron chi connectivity index (χ4n) is 2.13. The van der Waals surface area contributed by atoms with Crippen LogP contribution >= 0.6 is 0 Å². The molecule has 0 fully saturated rings. The number of nitrogens with zero attached hydrogens (tertiary/aromatic N) is 1. The highest BCUT2D eigenvalue weighted by molar-refractivity contribution is 4.81. The molecule has 1 N–H and O–H groups in total. The molecule has 0 aliphatic heterocycles. The molecule has 0 aromatic carbocycles. The molecule has 0 saturated carbocycles. The Balaban J connectivity index is 4.22. The average molecular weight is 242 g/mol. The van der Waals surface area contributed by atoms with E-state index in [2.05, 4.69) is 65.7 Å². The van der Waals surface area contributed by atoms with Gasteiger partial charge in [-0.25, -0.2) is 0 Å². The number of hydrogen-bond donors (Lipinski definition) is 1. The van der Waals surface area contributed by atoms with E-state index in [-0.39, 0.29) is 0 Å². The molecule has 0 aromatic rings. The maximum Gasteiger partial charge on any atom is 0.0128 e. The van der Waals surface area contributed by atoms with Crippen molar-refractivity contribution >= 4 is 0 Å². The third kappa shape index (κ3) is 6.42. The first-order chi connectivity index (χ1) is 7.70. The molecule has 0 radical (unpaired) electrons. The van der Waals surface area contributed by atoms with Crippen molar-refractivity contribution in [3.05, 3.63) is 0 Å². The molecule has 17 heavy (non-hydrogen) atoms. The van der Waals surface area contributed by atoms with Crippen LogP contribution in [0.25, 0.3) is 0 Å². The molecule has 2 heteroatoms. The summed E-state index contributed by atoms with van der Waals surface area (Å²) < 4.78 is 0. The highest BCUT2D eigenvalue weighted by Gasteiger charge is 2.24. The Labute approximate surface area is 109 Å². The summed E-state index contributed by atoms with van der Waals surface area (Å²) in [6.07, 6.45) is 1.23. The second-order valence-corrected chi connectivity index (χ2v) is 6.73. The van der Waals surface area contributed by atoms with Gasteiger partial charge in [0.05, 0.1) is 0 Å². The molecule has 2 nitrogen and oxygen atoms in total. The second-order valence-electron chi connectivity index (χ2n) is 6.73. The summed E-state index contributed by atoms with van der Waals surface area (Å²) in [7, 11) is 2.25. The first-order valence-corrected chi connectivity index (χ1v) is 7.13. The van der Waals surface area contributed by atoms with Crippen LogP contribution in [0.5, 0.6) is 0 Å². The summed E-state index contributed by atoms with van der Waals surface area (Å²) in [6, 6.07) is 1.27. The molecule has 0 aliphatic carbocycles. The van der Waals surface area contributed by atoms with Crippen molar-refractivity contribution in [3.63, 3.8) is 0 Å². The van der Waals surface area contributed by atoms with Gasteiger partial charge in [-0.3, -0.25) is 0 Å². The maximum atomic E-state index is 3.62. The first-order valence-electron chi connectivity index (χ1n) is 7.13. The Morgan fingerprint density at radius 3 is 2.00 bits per heavy atom. The van der Waals surface area contributed by atoms with E-state index in [4.69, 9.17) is 0 Å². The van der Waals surface area contributed by atoms with Gasteiger partial charge in [-0.15, -0.1) is 0 Å². The Morgan fingerprint density at radius 1 is 1.12 bits per heavy atom. The fraction of sp³-hybridized carbons (Fsp3) is 1.00. The lowest BCUT2D eigenvalue weighted by Crippen LogP contribution is -2.44. The van der Waals surface area contributed by atoms with Crippen LogP contribution < -0.4 is 5.32 Å². The Morgan fingerprint density at radius 2 is 1.65 bits per heavy atom. The van der Waals surface area contributed by atoms with Crippen LogP contribution in [0.15, 0.2) is 0 Å². The molecule has 0 aromatic heterocycles. The van der Waals surface area contributed by atoms with Gasteiger partial charge in [-0.1, -0.05) is 41.5 Å². The van der Waals surface area contributed by atoms with E-state index in [1.807, 2.05) is 0 Å². The van der Waals surface area contributed by atoms with Crippen LogP contribution in [0.1, 0.15) is 54.9 Å². The minimum absolute atomic E-state index is 0.345. The second kappa shape index (κ2) is 7.38. The van der Waals surface area contributed by atoms with Crippen LogP contribution in [0.4, 0.5) is 0 Å². The van der Waals surface area contributed by atoms with Gasteiger partial charge in [-0.05, 0) is 44.8 Å². The number of rotatable bonds is 7. The van der Waals surface area contributed by atoms with Gasteiger partial charge < -0.3 is 10.2 Å². The summed E-state index contributed by atoms with van der Waals surface area (Å²) >= 11 is 0. The molecule has 0 bridgehead atoms. The van der Waals surface area contributed by atoms with Crippen molar-refractivity contribution in [1.82, 2.24) is 10.2 Å². The third-order valence-electron chi connectivity index (χ3n) is 3.93. The largest absolute Gasteiger partial charge is 0.314 e. The molecule has 0 aliphatic rings. The normalized spacial score (nSPS) is 16.6. The van der Waals surface area contributed by atoms with Gasteiger partial charge in [0.25, 0.3) is 0 Å². The van der Waals surface area contributed by atoms with Crippen molar-refractivity contribution in [3.8, 4) is 0 Å². The summed E-state index contributed by atoms with van der Waals surface area (Å²) in [4.78, 5) is 2.49. The van der Waals surface area contributed by atoms with Crippen molar-refractivity contribution in [2.24, 2.45) is 11.3 Å². The average Bonchev–Trinajstić information content (AvgIpc) is 2.20. The van der Waals surface area contributed by atoms with Gasteiger partial charge in [0, 0.05) is 12.1 Å². The van der Waals surface area contributed by atoms with Crippen molar-refractivity contribution < 1.29 is 0 Å². The molecule has 2 unspecified atom stereocenters. The van der Waals surface area contributed by atoms with Gasteiger partial charge in [0.2, 0.25) is 0 Å². The van der Waals surface area contributed by atoms with Crippen LogP contribution in [0.3, 0.4) is 0 Å². The van der Waals surface area contributed by atoms with Crippen LogP contribution in [0.2, 0.25) is 0 Å². The SMILES string of the molecule is CCNC(CCN(C)C(C)C(C)C)C(C)(C)C. The monoisotopic (exact) mass is 242 g/mol. The van der Waals surface area contributed by atoms with E-state index in [0.29, 0.717) is 17.5 Å². The molecular weight excluding hydrogens is 208 g/mol. The van der Waals surface area contributed by atoms with Crippen LogP contribution in [0, 0.1) is 11.3 Å². The predicted molar refractivity (Wildman–Crippen MR) is 78.5 cm³/mol. The zero-order chi connectivity index (χ0) is 13.6. The zero-order valence-electron chi connectivity index (χ0n) is 13.3. The van der Waals surface area contributed by atoms with E-state index < -0.39 is 0 Å². The van der Waals surface area contributed by atoms with Gasteiger partial charge in [0.1, 0.15) is 0 Å². The van der Waals surface area contributed by atoms with E-state index in [1.165, 1.54) is 13.0 Å². The highest BCUT2D eigenvalue weighted by atomic mass is 15.1. The summed E-state index contributed by atoms with van der Waals surface area (Å²) in [6.45, 7) is 18.3. The summed E-state index contributed by atoms with van der Waals surface area (Å²) in [5.74, 6) is 0.729. The maximum absolute atomic E-state index is 3.62. The van der Waals surface area contributed by atoms with Gasteiger partial charge >= 0.3 is 0 Å². The van der Waals surface area contributed by atoms with E-state index in [9.17, 15) is 0 Å². The quantitative estimate of drug-likeness (QED) is 0.736. The number of hydrogen-bond acceptors (Lipinski definition) is 2. The lowest BCUT2D eigenvalue weighted by molar-refractivity contribution is 0.173. The topological polar surface area (TPSA) is 15.3 Å². The van der Waals surface area contributed by atoms with Crippen LogP contribution in [-0.4, -0.2) is 37.1 Å². The molecule has 0 amide bonds. The zero-order valence-corrected chi connectivity index (χ0v) is 13.3. The Bertz CT molecular complexity index is 194. The van der Waals surface area contributed by atoms with E-state index in [1.54, 1.807) is 0 Å². The molecule has 0 rings (SSSR count). The summed E-state index contributed by atoms with van der Waals surface area (Å²) in [5.41, 5.74) is 0.345. The fourth-order valence-corrected chi connectivity index (χ4v) is 2.13. The van der Waals surface area contributed by atoms with Gasteiger partial charge in [-0.2, -0.15) is 0 Å². The Kier molecular flexibility index (Phi) is 7.34. The highest BCUT2D eigenvalue weighted by Crippen LogP contribution is 2.22. The standard InChI is InChI=1S/C15H34N2/c1-9-16-14(15(5,6)7)10-11-17(8)13(4)12(2)3/h12-14,16H,9-11H2,1-8H3. The molecule has 0 heterocycles. The smallest absolute Gasteiger partial charge is 0.0128 e. The first kappa shape index (κ1) is 16.9. The number of nitrogens with one attached hydrogen (secondary N) is 1. The van der Waals surface area contributed by atoms with Gasteiger partial charge in [0.15, 0.2) is 0 Å². The minimum atomic E-state index is 0.345. The predicted octanol–water partition coefficient (Wildman–Crippen LogP) is 3.38. The summed E-state index contributed by atoms with van der Waals surface area (Å²) in [5, 5.41) is 3.62. The Hall–Kier alpha value is -0.0800. The van der Waals surface area contributed by atoms with E-state index >= 15 is 0 Å². The molecule has 0 saturated heterocycles. The molecule has 2 atom stereocenters. The third-order valence-corrected chi connectivity index (χ3v) is 3.93. The molecule has 104 valence electrons. The van der Waals surface area contributed by atoms with E-state index in [0.717, 1.165) is 12.5 Å². The lowest BCUT2D eigenvalue weighted by atomic mass is 9.84. The van der Waals surface area contributed by atoms with Crippen molar-refractivity contribution in [2.75, 3.05) is 20.1 Å².